The van der Waals surface area contributed by atoms with Gasteiger partial charge in [0.25, 0.3) is 0 Å². The molecule has 0 bridgehead atoms. The number of hydrogen-bond acceptors (Lipinski definition) is 5. The van der Waals surface area contributed by atoms with E-state index in [-0.39, 0.29) is 0 Å². The highest BCUT2D eigenvalue weighted by atomic mass is 28.3. The largest absolute Gasteiger partial charge is 0.483 e. The van der Waals surface area contributed by atoms with Crippen molar-refractivity contribution in [1.29, 1.82) is 0 Å². The van der Waals surface area contributed by atoms with Crippen LogP contribution in [0, 0.1) is 0 Å². The van der Waals surface area contributed by atoms with Crippen LogP contribution >= 0.6 is 0 Å². The summed E-state index contributed by atoms with van der Waals surface area (Å²) in [4.78, 5) is 0. The number of hydrogen-bond donors (Lipinski definition) is 0. The summed E-state index contributed by atoms with van der Waals surface area (Å²) in [6.07, 6.45) is 3.58. The summed E-state index contributed by atoms with van der Waals surface area (Å²) in [5.41, 5.74) is 0. The minimum Gasteiger partial charge on any atom is -0.379 e. The topological polar surface area (TPSA) is 49.5 Å². The quantitative estimate of drug-likeness (QED) is 0.305. The number of rotatable bonds is 11. The van der Waals surface area contributed by atoms with Gasteiger partial charge in [-0.05, 0) is 19.3 Å². The minimum atomic E-state index is -1.81. The number of unbranched alkanes of at least 4 members (excludes halogenated alkanes) is 2. The molecule has 1 aliphatic heterocycles. The third-order valence-electron chi connectivity index (χ3n) is 2.28. The molecule has 5 nitrogen and oxygen atoms in total. The van der Waals surface area contributed by atoms with Gasteiger partial charge in [0.1, 0.15) is 6.10 Å². The lowest BCUT2D eigenvalue weighted by Gasteiger charge is -2.11. The first kappa shape index (κ1) is 14.1. The first-order valence-corrected chi connectivity index (χ1v) is 7.14. The molecule has 1 unspecified atom stereocenters. The van der Waals surface area contributed by atoms with Crippen LogP contribution in [0.5, 0.6) is 0 Å². The van der Waals surface area contributed by atoms with Crippen molar-refractivity contribution in [3.63, 3.8) is 0 Å². The lowest BCUT2D eigenvalue weighted by molar-refractivity contribution is 0.108. The van der Waals surface area contributed by atoms with Gasteiger partial charge in [-0.2, -0.15) is 0 Å². The van der Waals surface area contributed by atoms with Crippen LogP contribution in [-0.4, -0.2) is 56.3 Å². The van der Waals surface area contributed by atoms with Crippen LogP contribution in [0.3, 0.4) is 0 Å². The zero-order valence-corrected chi connectivity index (χ0v) is 11.3. The van der Waals surface area contributed by atoms with Gasteiger partial charge in [-0.25, -0.2) is 0 Å². The van der Waals surface area contributed by atoms with Crippen LogP contribution < -0.4 is 0 Å². The first-order chi connectivity index (χ1) is 7.86. The van der Waals surface area contributed by atoms with Crippen molar-refractivity contribution in [2.75, 3.05) is 40.6 Å². The minimum absolute atomic E-state index is 0.374. The normalized spacial score (nSPS) is 19.3. The second-order valence-corrected chi connectivity index (χ2v) is 5.58. The molecule has 1 heterocycles. The summed E-state index contributed by atoms with van der Waals surface area (Å²) in [6, 6.07) is 0. The van der Waals surface area contributed by atoms with E-state index in [9.17, 15) is 0 Å². The van der Waals surface area contributed by atoms with Crippen molar-refractivity contribution in [3.05, 3.63) is 0 Å². The van der Waals surface area contributed by atoms with Crippen molar-refractivity contribution in [2.45, 2.75) is 25.4 Å². The summed E-state index contributed by atoms with van der Waals surface area (Å²) in [6.45, 7) is 3.15. The molecule has 1 saturated heterocycles. The molecule has 0 aromatic rings. The van der Waals surface area contributed by atoms with Crippen LogP contribution in [0.4, 0.5) is 0 Å². The summed E-state index contributed by atoms with van der Waals surface area (Å²) < 4.78 is 26.0. The van der Waals surface area contributed by atoms with Crippen LogP contribution in [0.2, 0.25) is 0 Å². The molecule has 0 aromatic carbocycles. The van der Waals surface area contributed by atoms with Gasteiger partial charge in [0.2, 0.25) is 0 Å². The monoisotopic (exact) mass is 250 g/mol. The van der Waals surface area contributed by atoms with Gasteiger partial charge in [-0.1, -0.05) is 0 Å². The van der Waals surface area contributed by atoms with E-state index in [1.807, 2.05) is 0 Å². The molecule has 6 heteroatoms. The fourth-order valence-electron chi connectivity index (χ4n) is 1.27. The van der Waals surface area contributed by atoms with Crippen molar-refractivity contribution in [3.8, 4) is 0 Å². The predicted octanol–water partition coefficient (Wildman–Crippen LogP) is 0.599. The molecule has 0 radical (unpaired) electrons. The molecule has 1 rings (SSSR count). The van der Waals surface area contributed by atoms with Gasteiger partial charge in [0.15, 0.2) is 0 Å². The lowest BCUT2D eigenvalue weighted by Crippen LogP contribution is -2.24. The molecule has 1 atom stereocenters. The average molecular weight is 250 g/mol. The maximum absolute atomic E-state index is 5.43. The Bertz CT molecular complexity index is 161. The lowest BCUT2D eigenvalue weighted by atomic mass is 10.2. The van der Waals surface area contributed by atoms with E-state index in [1.54, 1.807) is 14.2 Å². The predicted molar refractivity (Wildman–Crippen MR) is 61.5 cm³/mol. The highest BCUT2D eigenvalue weighted by molar-refractivity contribution is 6.36. The Balaban J connectivity index is 1.73. The Morgan fingerprint density at radius 1 is 1.12 bits per heavy atom. The molecule has 16 heavy (non-hydrogen) atoms. The average Bonchev–Trinajstić information content (AvgIpc) is 3.11. The molecule has 0 N–H and O–H groups in total. The van der Waals surface area contributed by atoms with Gasteiger partial charge < -0.3 is 22.8 Å². The van der Waals surface area contributed by atoms with Crippen LogP contribution in [0.25, 0.3) is 0 Å². The van der Waals surface area contributed by atoms with E-state index in [0.717, 1.165) is 39.1 Å². The van der Waals surface area contributed by atoms with Gasteiger partial charge in [0.05, 0.1) is 13.2 Å². The van der Waals surface area contributed by atoms with Gasteiger partial charge in [-0.15, -0.1) is 0 Å². The SMILES string of the molecule is CO[SiH](OC)OCCCCCOCC1CO1. The molecule has 0 amide bonds. The molecular weight excluding hydrogens is 228 g/mol. The highest BCUT2D eigenvalue weighted by Crippen LogP contribution is 2.08. The van der Waals surface area contributed by atoms with E-state index in [0.29, 0.717) is 12.7 Å². The zero-order chi connectivity index (χ0) is 11.6. The highest BCUT2D eigenvalue weighted by Gasteiger charge is 2.21. The molecule has 0 saturated carbocycles. The van der Waals surface area contributed by atoms with Crippen molar-refractivity contribution in [2.24, 2.45) is 0 Å². The number of ether oxygens (including phenoxy) is 2. The van der Waals surface area contributed by atoms with E-state index >= 15 is 0 Å². The summed E-state index contributed by atoms with van der Waals surface area (Å²) in [5.74, 6) is 0. The first-order valence-electron chi connectivity index (χ1n) is 5.73. The maximum Gasteiger partial charge on any atom is 0.483 e. The zero-order valence-electron chi connectivity index (χ0n) is 10.1. The molecule has 1 aliphatic rings. The summed E-state index contributed by atoms with van der Waals surface area (Å²) in [5, 5.41) is 0. The second kappa shape index (κ2) is 9.09. The Labute approximate surface area is 98.9 Å². The van der Waals surface area contributed by atoms with E-state index in [4.69, 9.17) is 22.8 Å². The summed E-state index contributed by atoms with van der Waals surface area (Å²) >= 11 is 0. The fourth-order valence-corrected chi connectivity index (χ4v) is 2.10. The standard InChI is InChI=1S/C10H22O5Si/c1-11-16(12-2)15-7-5-3-4-6-13-8-10-9-14-10/h10,16H,3-9H2,1-2H3. The third-order valence-corrected chi connectivity index (χ3v) is 3.56. The van der Waals surface area contributed by atoms with E-state index in [1.165, 1.54) is 0 Å². The molecule has 0 spiro atoms. The Morgan fingerprint density at radius 2 is 1.81 bits per heavy atom. The smallest absolute Gasteiger partial charge is 0.379 e. The molecule has 0 aromatic heterocycles. The molecule has 0 aliphatic carbocycles. The summed E-state index contributed by atoms with van der Waals surface area (Å²) in [7, 11) is 1.43. The van der Waals surface area contributed by atoms with Crippen molar-refractivity contribution >= 4 is 9.53 Å². The van der Waals surface area contributed by atoms with Crippen molar-refractivity contribution < 1.29 is 22.8 Å². The number of epoxide rings is 1. The van der Waals surface area contributed by atoms with E-state index < -0.39 is 9.53 Å². The van der Waals surface area contributed by atoms with E-state index in [2.05, 4.69) is 0 Å². The fraction of sp³-hybridized carbons (Fsp3) is 1.00. The molecule has 1 fully saturated rings. The van der Waals surface area contributed by atoms with Gasteiger partial charge >= 0.3 is 9.53 Å². The van der Waals surface area contributed by atoms with Crippen LogP contribution in [-0.2, 0) is 22.8 Å². The molecular formula is C10H22O5Si. The Morgan fingerprint density at radius 3 is 2.44 bits per heavy atom. The Hall–Kier alpha value is 0.0169. The van der Waals surface area contributed by atoms with Crippen molar-refractivity contribution in [1.82, 2.24) is 0 Å². The third kappa shape index (κ3) is 7.32. The Kier molecular flexibility index (Phi) is 8.00. The van der Waals surface area contributed by atoms with Crippen LogP contribution in [0.1, 0.15) is 19.3 Å². The maximum atomic E-state index is 5.43. The van der Waals surface area contributed by atoms with Gasteiger partial charge in [0, 0.05) is 27.4 Å². The molecule has 96 valence electrons. The second-order valence-electron chi connectivity index (χ2n) is 3.72. The van der Waals surface area contributed by atoms with Gasteiger partial charge in [-0.3, -0.25) is 0 Å². The van der Waals surface area contributed by atoms with Crippen LogP contribution in [0.15, 0.2) is 0 Å².